The molecule has 7 aromatic rings. The van der Waals surface area contributed by atoms with Crippen LogP contribution >= 0.6 is 23.1 Å². The van der Waals surface area contributed by atoms with Crippen molar-refractivity contribution in [2.45, 2.75) is 0 Å². The minimum Gasteiger partial charge on any atom is -0.497 e. The molecule has 2 aromatic heterocycles. The Morgan fingerprint density at radius 3 is 1.71 bits per heavy atom. The van der Waals surface area contributed by atoms with Crippen LogP contribution in [0.5, 0.6) is 5.75 Å². The molecule has 2 N–H and O–H groups in total. The van der Waals surface area contributed by atoms with Gasteiger partial charge in [-0.3, -0.25) is 9.98 Å². The third-order valence-corrected chi connectivity index (χ3v) is 9.07. The van der Waals surface area contributed by atoms with E-state index in [4.69, 9.17) is 19.9 Å². The highest BCUT2D eigenvalue weighted by atomic mass is 32.1. The van der Waals surface area contributed by atoms with Crippen LogP contribution in [-0.2, 0) is 0 Å². The Balaban J connectivity index is 0.000000168. The van der Waals surface area contributed by atoms with Crippen molar-refractivity contribution in [3.63, 3.8) is 0 Å². The summed E-state index contributed by atoms with van der Waals surface area (Å²) in [5.41, 5.74) is 4.13. The largest absolute Gasteiger partial charge is 0.497 e. The summed E-state index contributed by atoms with van der Waals surface area (Å²) in [7, 11) is 1.65. The van der Waals surface area contributed by atoms with Gasteiger partial charge < -0.3 is 14.9 Å². The van der Waals surface area contributed by atoms with Crippen LogP contribution in [0.3, 0.4) is 0 Å². The highest BCUT2D eigenvalue weighted by molar-refractivity contribution is 7.04. The predicted octanol–water partition coefficient (Wildman–Crippen LogP) is 6.15. The molecule has 242 valence electrons. The fraction of sp³-hybridized carbons (Fsp3) is 0.135. The van der Waals surface area contributed by atoms with Crippen LogP contribution in [0, 0.1) is 0 Å². The second kappa shape index (κ2) is 16.1. The zero-order chi connectivity index (χ0) is 33.1. The summed E-state index contributed by atoms with van der Waals surface area (Å²) < 4.78 is 9.36. The van der Waals surface area contributed by atoms with Crippen molar-refractivity contribution in [3.05, 3.63) is 137 Å². The molecule has 0 saturated heterocycles. The SMILES string of the molecule is COc1ccc(-n2sc(=NCCO)nc2-c2ccccc2)cc1.OCCN=c1nc(-c2ccccc2)n(-c2cccc3ccccc23)s1. The second-order valence-corrected chi connectivity index (χ2v) is 12.2. The quantitative estimate of drug-likeness (QED) is 0.191. The molecule has 0 spiro atoms. The van der Waals surface area contributed by atoms with Crippen molar-refractivity contribution in [2.24, 2.45) is 9.98 Å². The average Bonchev–Trinajstić information content (AvgIpc) is 3.79. The van der Waals surface area contributed by atoms with E-state index in [1.807, 2.05) is 101 Å². The Hall–Kier alpha value is -5.20. The van der Waals surface area contributed by atoms with Crippen molar-refractivity contribution in [1.82, 2.24) is 17.9 Å². The molecule has 0 bridgehead atoms. The summed E-state index contributed by atoms with van der Waals surface area (Å²) in [5, 5.41) is 20.4. The first kappa shape index (κ1) is 32.7. The molecule has 0 aliphatic carbocycles. The molecule has 0 fully saturated rings. The summed E-state index contributed by atoms with van der Waals surface area (Å²) in [4.78, 5) is 19.3. The van der Waals surface area contributed by atoms with Crippen molar-refractivity contribution in [2.75, 3.05) is 33.4 Å². The van der Waals surface area contributed by atoms with E-state index in [-0.39, 0.29) is 13.2 Å². The van der Waals surface area contributed by atoms with Gasteiger partial charge in [0.1, 0.15) is 5.75 Å². The number of aliphatic hydroxyl groups is 2. The lowest BCUT2D eigenvalue weighted by molar-refractivity contribution is 0.305. The monoisotopic (exact) mass is 674 g/mol. The van der Waals surface area contributed by atoms with Gasteiger partial charge in [-0.1, -0.05) is 97.1 Å². The molecular weight excluding hydrogens is 641 g/mol. The van der Waals surface area contributed by atoms with E-state index in [2.05, 4.69) is 49.3 Å². The number of methoxy groups -OCH3 is 1. The first-order chi connectivity index (χ1) is 23.7. The molecular formula is C37H34N6O3S2. The number of rotatable bonds is 9. The van der Waals surface area contributed by atoms with Crippen LogP contribution in [0.4, 0.5) is 0 Å². The molecule has 2 heterocycles. The van der Waals surface area contributed by atoms with Crippen LogP contribution in [0.1, 0.15) is 0 Å². The fourth-order valence-electron chi connectivity index (χ4n) is 4.96. The Morgan fingerprint density at radius 1 is 0.604 bits per heavy atom. The summed E-state index contributed by atoms with van der Waals surface area (Å²) in [5.74, 6) is 2.50. The number of benzene rings is 5. The number of aliphatic hydroxyl groups excluding tert-OH is 2. The first-order valence-electron chi connectivity index (χ1n) is 15.4. The Kier molecular flexibility index (Phi) is 11.0. The topological polar surface area (TPSA) is 110 Å². The smallest absolute Gasteiger partial charge is 0.223 e. The van der Waals surface area contributed by atoms with Gasteiger partial charge in [-0.15, -0.1) is 0 Å². The van der Waals surface area contributed by atoms with Gasteiger partial charge in [-0.2, -0.15) is 9.97 Å². The number of aromatic nitrogens is 4. The number of fused-ring (bicyclic) bond motifs is 1. The maximum absolute atomic E-state index is 9.06. The predicted molar refractivity (Wildman–Crippen MR) is 193 cm³/mol. The molecule has 0 atom stereocenters. The summed E-state index contributed by atoms with van der Waals surface area (Å²) in [6, 6.07) is 42.5. The van der Waals surface area contributed by atoms with E-state index in [1.165, 1.54) is 33.8 Å². The summed E-state index contributed by atoms with van der Waals surface area (Å²) in [6.07, 6.45) is 0. The number of ether oxygens (including phenoxy) is 1. The maximum Gasteiger partial charge on any atom is 0.223 e. The molecule has 0 aliphatic rings. The van der Waals surface area contributed by atoms with Gasteiger partial charge in [-0.05, 0) is 58.8 Å². The third-order valence-electron chi connectivity index (χ3n) is 7.18. The van der Waals surface area contributed by atoms with Crippen LogP contribution in [-0.4, -0.2) is 61.5 Å². The van der Waals surface area contributed by atoms with Crippen molar-refractivity contribution >= 4 is 33.8 Å². The molecule has 0 aliphatic heterocycles. The molecule has 0 saturated carbocycles. The molecule has 0 unspecified atom stereocenters. The Labute approximate surface area is 286 Å². The van der Waals surface area contributed by atoms with Crippen molar-refractivity contribution < 1.29 is 14.9 Å². The lowest BCUT2D eigenvalue weighted by Crippen LogP contribution is -2.01. The standard InChI is InChI=1S/C20H17N3OS.C17H17N3O2S/c24-14-13-21-20-22-19(16-8-2-1-3-9-16)23(25-20)18-12-6-10-15-7-4-5-11-17(15)18;1-22-15-9-7-14(8-10-15)20-16(13-5-3-2-4-6-13)19-17(23-20)18-11-12-21/h1-12,24H,13-14H2;2-10,21H,11-12H2,1H3. The van der Waals surface area contributed by atoms with Gasteiger partial charge in [-0.25, -0.2) is 7.91 Å². The number of nitrogens with zero attached hydrogens (tertiary/aromatic N) is 6. The third kappa shape index (κ3) is 7.67. The minimum absolute atomic E-state index is 0.0167. The van der Waals surface area contributed by atoms with Crippen LogP contribution < -0.4 is 14.3 Å². The van der Waals surface area contributed by atoms with E-state index in [9.17, 15) is 0 Å². The van der Waals surface area contributed by atoms with Gasteiger partial charge in [0.2, 0.25) is 9.60 Å². The van der Waals surface area contributed by atoms with Crippen molar-refractivity contribution in [3.8, 4) is 39.9 Å². The molecule has 48 heavy (non-hydrogen) atoms. The maximum atomic E-state index is 9.06. The molecule has 5 aromatic carbocycles. The number of hydrogen-bond acceptors (Lipinski definition) is 9. The fourth-order valence-corrected chi connectivity index (χ4v) is 6.79. The lowest BCUT2D eigenvalue weighted by atomic mass is 10.1. The first-order valence-corrected chi connectivity index (χ1v) is 16.9. The lowest BCUT2D eigenvalue weighted by Gasteiger charge is -2.09. The van der Waals surface area contributed by atoms with Crippen LogP contribution in [0.25, 0.3) is 44.9 Å². The average molecular weight is 675 g/mol. The van der Waals surface area contributed by atoms with Gasteiger partial charge in [0.05, 0.1) is 44.8 Å². The number of hydrogen-bond donors (Lipinski definition) is 2. The molecule has 0 amide bonds. The Morgan fingerprint density at radius 2 is 1.12 bits per heavy atom. The van der Waals surface area contributed by atoms with Gasteiger partial charge >= 0.3 is 0 Å². The zero-order valence-electron chi connectivity index (χ0n) is 26.3. The Bertz CT molecular complexity index is 2200. The second-order valence-electron chi connectivity index (χ2n) is 10.3. The molecule has 7 rings (SSSR count). The summed E-state index contributed by atoms with van der Waals surface area (Å²) >= 11 is 2.94. The van der Waals surface area contributed by atoms with Crippen LogP contribution in [0.2, 0.25) is 0 Å². The zero-order valence-corrected chi connectivity index (χ0v) is 27.9. The minimum atomic E-state index is 0.0167. The van der Waals surface area contributed by atoms with E-state index in [1.54, 1.807) is 7.11 Å². The van der Waals surface area contributed by atoms with E-state index >= 15 is 0 Å². The van der Waals surface area contributed by atoms with Gasteiger partial charge in [0.25, 0.3) is 0 Å². The van der Waals surface area contributed by atoms with Crippen molar-refractivity contribution in [1.29, 1.82) is 0 Å². The van der Waals surface area contributed by atoms with E-state index in [0.717, 1.165) is 39.9 Å². The van der Waals surface area contributed by atoms with E-state index in [0.29, 0.717) is 22.7 Å². The molecule has 9 nitrogen and oxygen atoms in total. The van der Waals surface area contributed by atoms with Crippen LogP contribution in [0.15, 0.2) is 137 Å². The van der Waals surface area contributed by atoms with Gasteiger partial charge in [0.15, 0.2) is 11.6 Å². The highest BCUT2D eigenvalue weighted by Gasteiger charge is 2.13. The molecule has 11 heteroatoms. The molecule has 0 radical (unpaired) electrons. The van der Waals surface area contributed by atoms with E-state index < -0.39 is 0 Å². The summed E-state index contributed by atoms with van der Waals surface area (Å²) in [6.45, 7) is 0.749. The normalized spacial score (nSPS) is 11.8. The highest BCUT2D eigenvalue weighted by Crippen LogP contribution is 2.28. The van der Waals surface area contributed by atoms with Gasteiger partial charge in [0, 0.05) is 16.5 Å².